The molecule has 0 amide bonds. The topological polar surface area (TPSA) is 61.8 Å². The molecule has 0 spiro atoms. The number of carbonyl (C=O) groups is 2. The van der Waals surface area contributed by atoms with Gasteiger partial charge in [-0.05, 0) is 84.6 Å². The van der Waals surface area contributed by atoms with E-state index < -0.39 is 5.97 Å². The summed E-state index contributed by atoms with van der Waals surface area (Å²) in [4.78, 5) is 26.0. The molecule has 0 unspecified atom stereocenters. The fraction of sp³-hybridized carbons (Fsp3) is 0.487. The third-order valence-electron chi connectivity index (χ3n) is 8.35. The number of ketones is 1. The molecule has 0 radical (unpaired) electrons. The molecule has 4 rings (SSSR count). The predicted molar refractivity (Wildman–Crippen MR) is 178 cm³/mol. The fourth-order valence-electron chi connectivity index (χ4n) is 5.69. The highest BCUT2D eigenvalue weighted by Crippen LogP contribution is 2.40. The van der Waals surface area contributed by atoms with E-state index in [2.05, 4.69) is 13.8 Å². The van der Waals surface area contributed by atoms with E-state index >= 15 is 0 Å². The van der Waals surface area contributed by atoms with Crippen molar-refractivity contribution in [3.63, 3.8) is 0 Å². The molecule has 0 atom stereocenters. The first-order valence-corrected chi connectivity index (χ1v) is 17.0. The number of hydrogen-bond acceptors (Lipinski definition) is 5. The van der Waals surface area contributed by atoms with Crippen molar-refractivity contribution in [2.45, 2.75) is 110 Å². The van der Waals surface area contributed by atoms with Gasteiger partial charge in [-0.2, -0.15) is 0 Å². The van der Waals surface area contributed by atoms with E-state index in [0.29, 0.717) is 35.7 Å². The van der Waals surface area contributed by atoms with Crippen LogP contribution in [0.5, 0.6) is 17.2 Å². The average Bonchev–Trinajstić information content (AvgIpc) is 3.32. The normalized spacial score (nSPS) is 11.7. The van der Waals surface area contributed by atoms with Gasteiger partial charge >= 0.3 is 5.97 Å². The number of hydrogen-bond donors (Lipinski definition) is 0. The Bertz CT molecular complexity index is 1330. The van der Waals surface area contributed by atoms with Crippen LogP contribution in [-0.4, -0.2) is 25.0 Å². The fourth-order valence-corrected chi connectivity index (χ4v) is 5.69. The maximum atomic E-state index is 13.3. The summed E-state index contributed by atoms with van der Waals surface area (Å²) in [6, 6.07) is 17.9. The maximum absolute atomic E-state index is 13.3. The molecular formula is C39H50O5. The van der Waals surface area contributed by atoms with Crippen LogP contribution in [0.25, 0.3) is 11.1 Å². The minimum Gasteiger partial charge on any atom is -0.494 e. The van der Waals surface area contributed by atoms with Crippen LogP contribution in [0.15, 0.2) is 60.7 Å². The van der Waals surface area contributed by atoms with Crippen LogP contribution in [0, 0.1) is 0 Å². The first-order valence-electron chi connectivity index (χ1n) is 17.0. The molecule has 1 aliphatic carbocycles. The van der Waals surface area contributed by atoms with Gasteiger partial charge in [-0.3, -0.25) is 4.79 Å². The second kappa shape index (κ2) is 18.3. The predicted octanol–water partition coefficient (Wildman–Crippen LogP) is 10.8. The molecule has 5 heteroatoms. The number of unbranched alkanes of at least 4 members (excludes halogenated alkanes) is 13. The number of fused-ring (bicyclic) bond motifs is 3. The SMILES string of the molecule is CCCCCCCCCCCCCCCOc1ccc2c(c1)C(=O)c1cc(OC(=O)c3ccc(OCCCC)cc3)ccc1-2. The molecule has 5 nitrogen and oxygen atoms in total. The van der Waals surface area contributed by atoms with Crippen molar-refractivity contribution in [3.05, 3.63) is 77.4 Å². The van der Waals surface area contributed by atoms with Crippen molar-refractivity contribution >= 4 is 11.8 Å². The standard InChI is InChI=1S/C39H50O5/c1-3-5-7-8-9-10-11-12-13-14-15-16-17-27-43-32-22-24-34-35-25-23-33(29-37(35)38(40)36(34)28-32)44-39(41)30-18-20-31(21-19-30)42-26-6-4-2/h18-25,28-29H,3-17,26-27H2,1-2H3. The number of rotatable bonds is 21. The van der Waals surface area contributed by atoms with Gasteiger partial charge in [0.2, 0.25) is 0 Å². The monoisotopic (exact) mass is 598 g/mol. The van der Waals surface area contributed by atoms with Crippen LogP contribution in [0.1, 0.15) is 136 Å². The summed E-state index contributed by atoms with van der Waals surface area (Å²) in [6.45, 7) is 5.69. The van der Waals surface area contributed by atoms with Crippen molar-refractivity contribution in [2.75, 3.05) is 13.2 Å². The summed E-state index contributed by atoms with van der Waals surface area (Å²) >= 11 is 0. The quantitative estimate of drug-likeness (QED) is 0.0542. The first-order chi connectivity index (χ1) is 21.6. The van der Waals surface area contributed by atoms with Gasteiger partial charge in [-0.15, -0.1) is 0 Å². The zero-order valence-corrected chi connectivity index (χ0v) is 26.8. The summed E-state index contributed by atoms with van der Waals surface area (Å²) in [7, 11) is 0. The molecule has 3 aromatic rings. The van der Waals surface area contributed by atoms with E-state index in [1.54, 1.807) is 36.4 Å². The molecule has 3 aromatic carbocycles. The van der Waals surface area contributed by atoms with Gasteiger partial charge in [0.15, 0.2) is 5.78 Å². The molecule has 0 aromatic heterocycles. The lowest BCUT2D eigenvalue weighted by Gasteiger charge is -2.08. The van der Waals surface area contributed by atoms with E-state index in [0.717, 1.165) is 41.9 Å². The molecule has 0 heterocycles. The molecular weight excluding hydrogens is 548 g/mol. The van der Waals surface area contributed by atoms with Gasteiger partial charge in [0, 0.05) is 11.1 Å². The van der Waals surface area contributed by atoms with Gasteiger partial charge in [-0.1, -0.05) is 97.3 Å². The average molecular weight is 599 g/mol. The number of ether oxygens (including phenoxy) is 3. The molecule has 0 N–H and O–H groups in total. The van der Waals surface area contributed by atoms with E-state index in [-0.39, 0.29) is 5.78 Å². The third kappa shape index (κ3) is 9.97. The lowest BCUT2D eigenvalue weighted by Crippen LogP contribution is -2.09. The van der Waals surface area contributed by atoms with E-state index in [1.165, 1.54) is 77.0 Å². The van der Waals surface area contributed by atoms with Crippen molar-refractivity contribution in [2.24, 2.45) is 0 Å². The Hall–Kier alpha value is -3.60. The Labute approximate surface area is 264 Å². The Morgan fingerprint density at radius 1 is 0.500 bits per heavy atom. The largest absolute Gasteiger partial charge is 0.494 e. The maximum Gasteiger partial charge on any atom is 0.343 e. The lowest BCUT2D eigenvalue weighted by atomic mass is 10.0. The van der Waals surface area contributed by atoms with E-state index in [1.807, 2.05) is 24.3 Å². The Kier molecular flexibility index (Phi) is 13.8. The Balaban J connectivity index is 1.17. The summed E-state index contributed by atoms with van der Waals surface area (Å²) in [5, 5.41) is 0. The molecule has 0 saturated heterocycles. The first kappa shape index (κ1) is 33.3. The zero-order valence-electron chi connectivity index (χ0n) is 26.8. The zero-order chi connectivity index (χ0) is 31.0. The number of carbonyl (C=O) groups excluding carboxylic acids is 2. The third-order valence-corrected chi connectivity index (χ3v) is 8.35. The molecule has 0 bridgehead atoms. The van der Waals surface area contributed by atoms with Gasteiger partial charge in [0.25, 0.3) is 0 Å². The van der Waals surface area contributed by atoms with Crippen molar-refractivity contribution in [3.8, 4) is 28.4 Å². The summed E-state index contributed by atoms with van der Waals surface area (Å²) < 4.78 is 17.3. The lowest BCUT2D eigenvalue weighted by molar-refractivity contribution is 0.0734. The Morgan fingerprint density at radius 2 is 0.955 bits per heavy atom. The summed E-state index contributed by atoms with van der Waals surface area (Å²) in [5.41, 5.74) is 3.33. The van der Waals surface area contributed by atoms with Crippen LogP contribution in [-0.2, 0) is 0 Å². The molecule has 236 valence electrons. The molecule has 1 aliphatic rings. The highest BCUT2D eigenvalue weighted by Gasteiger charge is 2.28. The molecule has 44 heavy (non-hydrogen) atoms. The summed E-state index contributed by atoms with van der Waals surface area (Å²) in [5.74, 6) is 1.24. The van der Waals surface area contributed by atoms with Crippen LogP contribution in [0.2, 0.25) is 0 Å². The number of benzene rings is 3. The van der Waals surface area contributed by atoms with E-state index in [4.69, 9.17) is 14.2 Å². The summed E-state index contributed by atoms with van der Waals surface area (Å²) in [6.07, 6.45) is 19.2. The van der Waals surface area contributed by atoms with Crippen LogP contribution >= 0.6 is 0 Å². The van der Waals surface area contributed by atoms with Crippen LogP contribution in [0.3, 0.4) is 0 Å². The highest BCUT2D eigenvalue weighted by atomic mass is 16.5. The van der Waals surface area contributed by atoms with Crippen molar-refractivity contribution in [1.82, 2.24) is 0 Å². The Morgan fingerprint density at radius 3 is 1.55 bits per heavy atom. The van der Waals surface area contributed by atoms with Crippen LogP contribution in [0.4, 0.5) is 0 Å². The van der Waals surface area contributed by atoms with Crippen molar-refractivity contribution < 1.29 is 23.8 Å². The van der Waals surface area contributed by atoms with Crippen LogP contribution < -0.4 is 14.2 Å². The van der Waals surface area contributed by atoms with Crippen molar-refractivity contribution in [1.29, 1.82) is 0 Å². The van der Waals surface area contributed by atoms with Gasteiger partial charge in [0.1, 0.15) is 17.2 Å². The van der Waals surface area contributed by atoms with Gasteiger partial charge < -0.3 is 14.2 Å². The second-order valence-electron chi connectivity index (χ2n) is 12.0. The van der Waals surface area contributed by atoms with Gasteiger partial charge in [-0.25, -0.2) is 4.79 Å². The minimum absolute atomic E-state index is 0.0760. The molecule has 0 saturated carbocycles. The highest BCUT2D eigenvalue weighted by molar-refractivity contribution is 6.22. The van der Waals surface area contributed by atoms with E-state index in [9.17, 15) is 9.59 Å². The minimum atomic E-state index is -0.475. The molecule has 0 aliphatic heterocycles. The number of esters is 1. The second-order valence-corrected chi connectivity index (χ2v) is 12.0. The molecule has 0 fully saturated rings. The van der Waals surface area contributed by atoms with Gasteiger partial charge in [0.05, 0.1) is 18.8 Å². The smallest absolute Gasteiger partial charge is 0.343 e.